The predicted octanol–water partition coefficient (Wildman–Crippen LogP) is 6.10. The minimum Gasteiger partial charge on any atom is -0.870 e. The van der Waals surface area contributed by atoms with Crippen LogP contribution in [0.25, 0.3) is 0 Å². The van der Waals surface area contributed by atoms with Crippen LogP contribution in [0.3, 0.4) is 0 Å². The fourth-order valence-corrected chi connectivity index (χ4v) is 44.5. The maximum atomic E-state index is 12.2. The second-order valence-electron chi connectivity index (χ2n) is 55.8. The maximum Gasteiger partial charge on any atom is 1.00 e. The number of epoxide rings is 1. The van der Waals surface area contributed by atoms with E-state index in [9.17, 15) is 56.1 Å². The van der Waals surface area contributed by atoms with Crippen LogP contribution in [-0.2, 0) is 14.3 Å². The van der Waals surface area contributed by atoms with E-state index in [0.29, 0.717) is 81.9 Å². The summed E-state index contributed by atoms with van der Waals surface area (Å²) in [5, 5.41) is 91.0. The van der Waals surface area contributed by atoms with E-state index < -0.39 is 0 Å². The Morgan fingerprint density at radius 1 is 0.315 bits per heavy atom. The van der Waals surface area contributed by atoms with E-state index in [1.807, 2.05) is 14.0 Å². The van der Waals surface area contributed by atoms with Gasteiger partial charge < -0.3 is 115 Å². The molecule has 25 aliphatic rings. The molecule has 48 atom stereocenters. The Hall–Kier alpha value is 8.32. The third kappa shape index (κ3) is 24.2. The number of fused-ring (bicyclic) bond motifs is 31. The first-order chi connectivity index (χ1) is 63.7. The SMILES string of the molecule is [CH2-][C@]12CC[C@@H](O)C[C@@H]1CC[C@@H]1[C@@H]2CC[C@@]2(C)[C@H]1CC[C@@]21CO1.[CH2-][C@]12CC[C@@H](O)C[C@@H]1CC[C@@H]1[C@@H]2CC[C@]2(C)C(C#N)CC[C@@H]12.[CH2-][C@]12CC[C@@H](O)C[C@@H]1CC[C@@H]1[C@@H]2CC[C@]2(C)C(C(C)=O)CC[C@@H]12.[CH2-][C@]12CC[C@@H](O)C[C@@H]1CC[C@@H]1[C@@H]2CC[C@]2(C)[C@@H](C#N)CC[C@@H]12.[CH2-][C@]12CC[C@@H](O)C[C@@H]1CC[C@@H]1[C@@H]2CC[C@]2(C)[C@@H](OC)CC[C@@H]12.[CH2-][C@]12CC[C@@H](O)C[C@@H]1CC[C@@H]1[C@@H]2CC[C@]2(C)[C@@H]([N+](=O)[O-])CC[C@@H]12.[OH-].[OH-].[OH-].[OH-].[OH-].[OH-].[Rb+].[Rb+].[Rb+].[Rb+].[Rb+].[Rb+]. The molecule has 0 aromatic rings. The van der Waals surface area contributed by atoms with Crippen molar-refractivity contribution in [1.29, 1.82) is 10.5 Å². The fourth-order valence-electron chi connectivity index (χ4n) is 44.5. The molecular weight excluding hydrogens is 2270 g/mol. The van der Waals surface area contributed by atoms with Crippen molar-refractivity contribution >= 4 is 5.78 Å². The summed E-state index contributed by atoms with van der Waals surface area (Å²) in [6.45, 7) is 46.0. The van der Waals surface area contributed by atoms with Gasteiger partial charge in [0.05, 0.1) is 78.9 Å². The topological polar surface area (TPSA) is 431 Å². The molecule has 2 unspecified atom stereocenters. The van der Waals surface area contributed by atoms with Gasteiger partial charge >= 0.3 is 349 Å². The summed E-state index contributed by atoms with van der Waals surface area (Å²) >= 11 is 0. The van der Waals surface area contributed by atoms with Gasteiger partial charge in [-0.15, -0.1) is 0 Å². The standard InChI is InChI=1S/C21H33O2.2C20H30NO.C20H31O2.C20H33O2.C19H30NO3.6H2O.6Rb/c1-13(22)17-6-7-18-16-5-4-14-12-15(23)8-10-20(14,2)19(16)9-11-21(17,18)3;2*1-19-9-7-15(22)11-13(19)3-5-16-17-6-4-14(12-21)20(17,2)10-8-18(16)19;1-18-8-5-14(21)11-13(18)3-4-15-16(18)6-9-19(2)17(15)7-10-20(19)12-22-20;1-19-10-8-14(21)12-13(19)4-5-15-16-6-7-18(22-3)20(16,2)11-9-17(15)19;1-18-9-7-13(21)11-12(18)3-4-14-15-5-6-17(20(22)23)19(15,2)10-8-16(14)18;;;;;;;;;;;;/h14-19,23H,2,4-12H2,1,3H3;2*13-18,22H,1,3-11H2,2H3;13-17,21H,1,3-12H2,2H3;13-18,21H,1,4-12H2,2-3H3;12-17,21H,1,3-11H2,2H3;6*1H2;;;;;;/q6*-1;;;;;;;6*+1/p-6/t14-,15+,16-,17?,18-,19-,20-,21+;13-,14?,15+,16-,17-,18-,19-,20+;2*13-,14+,15+,16-,17-,18-,19-,20+;13-,14+,15-,16-,17-,18-,19-,20-;12-,13+,14-,15-,16-,17-,18-,19-;;;;;;;;;;;;/m000000............/s1. The van der Waals surface area contributed by atoms with Gasteiger partial charge in [0.15, 0.2) is 0 Å². The minimum absolute atomic E-state index is 0. The first-order valence-electron chi connectivity index (χ1n) is 57.5. The zero-order chi connectivity index (χ0) is 94.6. The molecule has 0 aromatic heterocycles. The molecule has 12 N–H and O–H groups in total. The van der Waals surface area contributed by atoms with Gasteiger partial charge in [-0.25, -0.2) is 0 Å². The number of aliphatic hydroxyl groups excluding tert-OH is 6. The monoisotopic (exact) mass is 2460 g/mol. The smallest absolute Gasteiger partial charge is 0.870 e. The van der Waals surface area contributed by atoms with Crippen LogP contribution in [0.2, 0.25) is 0 Å². The van der Waals surface area contributed by atoms with Gasteiger partial charge in [-0.1, -0.05) is 228 Å². The van der Waals surface area contributed by atoms with Crippen molar-refractivity contribution in [2.24, 2.45) is 225 Å². The molecule has 25 fully saturated rings. The Morgan fingerprint density at radius 2 is 0.562 bits per heavy atom. The van der Waals surface area contributed by atoms with Crippen molar-refractivity contribution in [3.05, 3.63) is 51.7 Å². The number of carbonyl (C=O) groups is 1. The van der Waals surface area contributed by atoms with Gasteiger partial charge in [-0.05, 0) is 324 Å². The third-order valence-corrected chi connectivity index (χ3v) is 52.0. The summed E-state index contributed by atoms with van der Waals surface area (Å²) in [6.07, 6.45) is 62.9. The second-order valence-corrected chi connectivity index (χ2v) is 55.8. The van der Waals surface area contributed by atoms with E-state index in [0.717, 1.165) is 262 Å². The van der Waals surface area contributed by atoms with Gasteiger partial charge in [0.1, 0.15) is 5.78 Å². The third-order valence-electron chi connectivity index (χ3n) is 52.0. The summed E-state index contributed by atoms with van der Waals surface area (Å²) in [4.78, 5) is 23.7. The summed E-state index contributed by atoms with van der Waals surface area (Å²) < 4.78 is 11.9. The van der Waals surface area contributed by atoms with Gasteiger partial charge in [0.25, 0.3) is 0 Å². The van der Waals surface area contributed by atoms with Gasteiger partial charge in [-0.3, -0.25) is 14.9 Å². The Labute approximate surface area is 1180 Å². The van der Waals surface area contributed by atoms with Crippen LogP contribution in [0.1, 0.15) is 395 Å². The van der Waals surface area contributed by atoms with Crippen molar-refractivity contribution in [1.82, 2.24) is 0 Å². The Kier molecular flexibility index (Phi) is 51.7. The summed E-state index contributed by atoms with van der Waals surface area (Å²) in [6, 6.07) is 4.91. The fraction of sp³-hybridized carbons (Fsp3) is 0.925. The molecule has 20 nitrogen and oxygen atoms in total. The molecule has 146 heavy (non-hydrogen) atoms. The Bertz CT molecular complexity index is 4170. The number of ketones is 1. The quantitative estimate of drug-likeness (QED) is 0.0804. The van der Waals surface area contributed by atoms with E-state index in [1.165, 1.54) is 180 Å². The van der Waals surface area contributed by atoms with Crippen LogP contribution in [0, 0.1) is 299 Å². The molecule has 1 spiro atoms. The zero-order valence-corrected chi connectivity index (χ0v) is 124. The Morgan fingerprint density at radius 3 is 0.856 bits per heavy atom. The van der Waals surface area contributed by atoms with Crippen LogP contribution in [0.5, 0.6) is 0 Å². The van der Waals surface area contributed by atoms with Gasteiger partial charge in [0, 0.05) is 35.2 Å². The van der Waals surface area contributed by atoms with Gasteiger partial charge in [0.2, 0.25) is 6.04 Å². The number of nitro groups is 1. The molecular formula is C120H193N3O17Rb6-6. The van der Waals surface area contributed by atoms with E-state index >= 15 is 0 Å². The van der Waals surface area contributed by atoms with Crippen LogP contribution in [0.4, 0.5) is 0 Å². The van der Waals surface area contributed by atoms with Gasteiger partial charge in [-0.2, -0.15) is 43.0 Å². The number of Topliss-reactive ketones (excluding diaryl/α,β-unsaturated/α-hetero) is 1. The predicted molar refractivity (Wildman–Crippen MR) is 539 cm³/mol. The molecule has 26 heteroatoms. The van der Waals surface area contributed by atoms with Crippen molar-refractivity contribution < 1.29 is 432 Å². The normalized spacial score (nSPS) is 53.0. The van der Waals surface area contributed by atoms with Crippen molar-refractivity contribution in [3.63, 3.8) is 0 Å². The Balaban J connectivity index is 0.000000210. The summed E-state index contributed by atoms with van der Waals surface area (Å²) in [5.74, 6) is 18.8. The molecule has 25 rings (SSSR count). The van der Waals surface area contributed by atoms with Crippen molar-refractivity contribution in [2.75, 3.05) is 13.7 Å². The number of hydrogen-bond donors (Lipinski definition) is 6. The van der Waals surface area contributed by atoms with Crippen molar-refractivity contribution in [2.45, 2.75) is 450 Å². The number of carbonyl (C=O) groups excluding carboxylic acids is 1. The number of nitrogens with zero attached hydrogens (tertiary/aromatic N) is 3. The first-order valence-corrected chi connectivity index (χ1v) is 57.5. The molecule has 1 saturated heterocycles. The molecule has 1 aliphatic heterocycles. The first kappa shape index (κ1) is 139. The minimum atomic E-state index is -0.333. The van der Waals surface area contributed by atoms with Crippen LogP contribution in [0.15, 0.2) is 0 Å². The number of rotatable bonds is 3. The van der Waals surface area contributed by atoms with Crippen LogP contribution in [-0.4, -0.2) is 142 Å². The summed E-state index contributed by atoms with van der Waals surface area (Å²) in [5.41, 5.74) is 3.12. The molecule has 24 saturated carbocycles. The van der Waals surface area contributed by atoms with Crippen molar-refractivity contribution in [3.8, 4) is 12.1 Å². The molecule has 1 heterocycles. The average Bonchev–Trinajstić information content (AvgIpc) is 1.52. The largest absolute Gasteiger partial charge is 1.00 e. The molecule has 802 valence electrons. The number of aliphatic hydroxyl groups is 6. The van der Waals surface area contributed by atoms with Crippen LogP contribution < -0.4 is 349 Å². The second kappa shape index (κ2) is 54.1. The van der Waals surface area contributed by atoms with E-state index in [2.05, 4.69) is 53.7 Å². The molecule has 0 bridgehead atoms. The zero-order valence-electron chi connectivity index (χ0n) is 94.1. The number of ether oxygens (including phenoxy) is 2. The molecule has 0 radical (unpaired) electrons. The number of hydrogen-bond acceptors (Lipinski definition) is 19. The van der Waals surface area contributed by atoms with Crippen LogP contribution >= 0.6 is 0 Å². The van der Waals surface area contributed by atoms with E-state index in [-0.39, 0.29) is 501 Å². The number of nitriles is 2. The molecule has 0 amide bonds. The molecule has 24 aliphatic carbocycles. The van der Waals surface area contributed by atoms with E-state index in [1.54, 1.807) is 0 Å². The molecule has 0 aromatic carbocycles. The average molecular weight is 2460 g/mol. The summed E-state index contributed by atoms with van der Waals surface area (Å²) in [7, 11) is 1.91. The van der Waals surface area contributed by atoms with E-state index in [4.69, 9.17) is 51.0 Å². The maximum absolute atomic E-state index is 12.2. The number of methoxy groups -OCH3 is 1.